The first-order valence-electron chi connectivity index (χ1n) is 12.9. The molecule has 11 heteroatoms. The molecule has 2 aromatic carbocycles. The zero-order chi connectivity index (χ0) is 27.1. The highest BCUT2D eigenvalue weighted by Crippen LogP contribution is 2.35. The van der Waals surface area contributed by atoms with Gasteiger partial charge in [-0.15, -0.1) is 0 Å². The second-order valence-electron chi connectivity index (χ2n) is 9.90. The first kappa shape index (κ1) is 24.8. The van der Waals surface area contributed by atoms with Gasteiger partial charge in [-0.2, -0.15) is 10.2 Å². The van der Waals surface area contributed by atoms with E-state index >= 15 is 0 Å². The van der Waals surface area contributed by atoms with Gasteiger partial charge >= 0.3 is 0 Å². The number of rotatable bonds is 5. The van der Waals surface area contributed by atoms with Crippen LogP contribution < -0.4 is 10.1 Å². The predicted molar refractivity (Wildman–Crippen MR) is 139 cm³/mol. The van der Waals surface area contributed by atoms with Crippen LogP contribution in [0.1, 0.15) is 47.7 Å². The number of piperidine rings is 2. The molecular weight excluding hydrogens is 503 g/mol. The van der Waals surface area contributed by atoms with Gasteiger partial charge in [-0.3, -0.25) is 24.4 Å². The van der Waals surface area contributed by atoms with Crippen molar-refractivity contribution in [1.29, 1.82) is 0 Å². The molecule has 0 radical (unpaired) electrons. The van der Waals surface area contributed by atoms with Crippen molar-refractivity contribution in [3.8, 4) is 11.4 Å². The number of hydrogen-bond acceptors (Lipinski definition) is 6. The van der Waals surface area contributed by atoms with Gasteiger partial charge in [0.2, 0.25) is 11.8 Å². The monoisotopic (exact) mass is 530 g/mol. The summed E-state index contributed by atoms with van der Waals surface area (Å²) in [5, 5.41) is 12.0. The molecule has 2 saturated heterocycles. The molecular formula is C28H27FN6O4. The van der Waals surface area contributed by atoms with Gasteiger partial charge in [0.15, 0.2) is 0 Å². The lowest BCUT2D eigenvalue weighted by atomic mass is 9.93. The van der Waals surface area contributed by atoms with E-state index in [0.717, 1.165) is 10.9 Å². The van der Waals surface area contributed by atoms with Gasteiger partial charge in [0.25, 0.3) is 5.91 Å². The molecule has 39 heavy (non-hydrogen) atoms. The van der Waals surface area contributed by atoms with Crippen molar-refractivity contribution >= 4 is 28.6 Å². The third-order valence-corrected chi connectivity index (χ3v) is 7.38. The Morgan fingerprint density at radius 1 is 1.08 bits per heavy atom. The van der Waals surface area contributed by atoms with Gasteiger partial charge in [0, 0.05) is 51.0 Å². The number of aryl methyl sites for hydroxylation is 1. The molecule has 4 aromatic rings. The number of fused-ring (bicyclic) bond motifs is 1. The second kappa shape index (κ2) is 9.97. The van der Waals surface area contributed by atoms with Crippen LogP contribution in [0.15, 0.2) is 54.9 Å². The lowest BCUT2D eigenvalue weighted by Crippen LogP contribution is -2.41. The van der Waals surface area contributed by atoms with Gasteiger partial charge < -0.3 is 9.64 Å². The van der Waals surface area contributed by atoms with Crippen LogP contribution in [0.3, 0.4) is 0 Å². The molecule has 200 valence electrons. The maximum absolute atomic E-state index is 14.1. The van der Waals surface area contributed by atoms with Gasteiger partial charge in [-0.25, -0.2) is 9.07 Å². The lowest BCUT2D eigenvalue weighted by molar-refractivity contribution is -0.134. The van der Waals surface area contributed by atoms with E-state index in [9.17, 15) is 18.8 Å². The molecule has 2 aromatic heterocycles. The molecule has 0 saturated carbocycles. The van der Waals surface area contributed by atoms with Crippen LogP contribution in [-0.2, 0) is 16.6 Å². The lowest BCUT2D eigenvalue weighted by Gasteiger charge is -2.32. The summed E-state index contributed by atoms with van der Waals surface area (Å²) in [4.78, 5) is 38.9. The Balaban J connectivity index is 1.13. The molecule has 1 atom stereocenters. The fourth-order valence-corrected chi connectivity index (χ4v) is 5.38. The number of carbonyl (C=O) groups is 3. The van der Waals surface area contributed by atoms with Crippen molar-refractivity contribution in [1.82, 2.24) is 29.8 Å². The van der Waals surface area contributed by atoms with Crippen molar-refractivity contribution in [3.63, 3.8) is 0 Å². The Morgan fingerprint density at radius 3 is 2.64 bits per heavy atom. The van der Waals surface area contributed by atoms with Gasteiger partial charge in [-0.1, -0.05) is 24.3 Å². The molecule has 3 amide bonds. The topological polar surface area (TPSA) is 111 Å². The highest BCUT2D eigenvalue weighted by atomic mass is 19.1. The van der Waals surface area contributed by atoms with Crippen LogP contribution in [0.5, 0.6) is 5.75 Å². The molecule has 1 N–H and O–H groups in total. The molecule has 0 aliphatic carbocycles. The molecule has 2 aliphatic heterocycles. The zero-order valence-electron chi connectivity index (χ0n) is 21.3. The minimum Gasteiger partial charge on any atom is -0.488 e. The minimum absolute atomic E-state index is 0.102. The van der Waals surface area contributed by atoms with Gasteiger partial charge in [0.05, 0.1) is 23.4 Å². The third kappa shape index (κ3) is 4.64. The molecule has 2 fully saturated rings. The maximum atomic E-state index is 14.1. The second-order valence-corrected chi connectivity index (χ2v) is 9.90. The summed E-state index contributed by atoms with van der Waals surface area (Å²) in [6.45, 7) is 1.02. The summed E-state index contributed by atoms with van der Waals surface area (Å²) in [7, 11) is 1.81. The molecule has 0 bridgehead atoms. The van der Waals surface area contributed by atoms with Crippen molar-refractivity contribution in [3.05, 3.63) is 71.9 Å². The number of nitrogens with one attached hydrogen (secondary N) is 1. The Morgan fingerprint density at radius 2 is 1.87 bits per heavy atom. The quantitative estimate of drug-likeness (QED) is 0.397. The number of benzene rings is 2. The van der Waals surface area contributed by atoms with Crippen LogP contribution >= 0.6 is 0 Å². The van der Waals surface area contributed by atoms with Crippen molar-refractivity contribution in [2.45, 2.75) is 37.7 Å². The molecule has 4 heterocycles. The largest absolute Gasteiger partial charge is 0.488 e. The first-order chi connectivity index (χ1) is 18.9. The van der Waals surface area contributed by atoms with E-state index in [0.29, 0.717) is 49.4 Å². The average molecular weight is 531 g/mol. The number of imide groups is 1. The van der Waals surface area contributed by atoms with Gasteiger partial charge in [0.1, 0.15) is 28.9 Å². The molecule has 2 aliphatic rings. The van der Waals surface area contributed by atoms with Crippen molar-refractivity contribution in [2.75, 3.05) is 13.1 Å². The number of likely N-dealkylation sites (tertiary alicyclic amines) is 1. The Kier molecular flexibility index (Phi) is 6.34. The number of nitrogens with zero attached hydrogens (tertiary/aromatic N) is 5. The average Bonchev–Trinajstić information content (AvgIpc) is 3.55. The van der Waals surface area contributed by atoms with E-state index in [1.807, 2.05) is 25.2 Å². The van der Waals surface area contributed by atoms with E-state index in [-0.39, 0.29) is 35.9 Å². The summed E-state index contributed by atoms with van der Waals surface area (Å²) < 4.78 is 23.6. The molecule has 10 nitrogen and oxygen atoms in total. The summed E-state index contributed by atoms with van der Waals surface area (Å²) >= 11 is 0. The minimum atomic E-state index is -0.487. The number of carbonyl (C=O) groups excluding carboxylic acids is 3. The summed E-state index contributed by atoms with van der Waals surface area (Å²) in [5.74, 6) is -0.974. The van der Waals surface area contributed by atoms with Crippen LogP contribution in [0.4, 0.5) is 4.39 Å². The van der Waals surface area contributed by atoms with Crippen LogP contribution in [0.2, 0.25) is 0 Å². The first-order valence-corrected chi connectivity index (χ1v) is 12.9. The van der Waals surface area contributed by atoms with Crippen LogP contribution in [-0.4, -0.2) is 61.4 Å². The van der Waals surface area contributed by atoms with Gasteiger partial charge in [-0.05, 0) is 24.6 Å². The molecule has 1 unspecified atom stereocenters. The Hall–Kier alpha value is -4.54. The molecule has 6 rings (SSSR count). The van der Waals surface area contributed by atoms with Crippen molar-refractivity contribution < 1.29 is 23.5 Å². The van der Waals surface area contributed by atoms with Crippen LogP contribution in [0.25, 0.3) is 16.6 Å². The van der Waals surface area contributed by atoms with Crippen LogP contribution in [0, 0.1) is 5.82 Å². The summed E-state index contributed by atoms with van der Waals surface area (Å²) in [5.41, 5.74) is 2.11. The fourth-order valence-electron chi connectivity index (χ4n) is 5.38. The van der Waals surface area contributed by atoms with E-state index < -0.39 is 11.7 Å². The van der Waals surface area contributed by atoms with E-state index in [2.05, 4.69) is 15.5 Å². The number of ether oxygens (including phenoxy) is 1. The predicted octanol–water partition coefficient (Wildman–Crippen LogP) is 3.10. The highest BCUT2D eigenvalue weighted by Gasteiger charge is 2.32. The Labute approximate surface area is 223 Å². The third-order valence-electron chi connectivity index (χ3n) is 7.38. The van der Waals surface area contributed by atoms with E-state index in [1.165, 1.54) is 16.9 Å². The van der Waals surface area contributed by atoms with E-state index in [1.54, 1.807) is 34.0 Å². The summed E-state index contributed by atoms with van der Waals surface area (Å²) in [6.07, 6.45) is 4.89. The number of amides is 3. The fraction of sp³-hybridized carbons (Fsp3) is 0.321. The van der Waals surface area contributed by atoms with E-state index in [4.69, 9.17) is 4.74 Å². The zero-order valence-corrected chi connectivity index (χ0v) is 21.3. The Bertz CT molecular complexity index is 1590. The smallest absolute Gasteiger partial charge is 0.257 e. The number of aromatic nitrogens is 4. The SMILES string of the molecule is Cn1nc(C2CCC(=O)NC2=O)c2cccc(OC3CCN(C(=O)c4cnn(-c5ccccc5F)c4)CC3)c21. The summed E-state index contributed by atoms with van der Waals surface area (Å²) in [6, 6.07) is 12.0. The highest BCUT2D eigenvalue weighted by molar-refractivity contribution is 6.03. The van der Waals surface area contributed by atoms with Crippen molar-refractivity contribution in [2.24, 2.45) is 7.05 Å². The maximum Gasteiger partial charge on any atom is 0.257 e. The standard InChI is InChI=1S/C28H27FN6O4/c1-33-26-19(25(32-33)20-9-10-24(36)31-27(20)37)5-4-8-23(26)39-18-11-13-34(14-12-18)28(38)17-15-30-35(16-17)22-7-3-2-6-21(22)29/h2-8,15-16,18,20H,9-14H2,1H3,(H,31,36,37). The molecule has 0 spiro atoms. The normalized spacial score (nSPS) is 18.4. The number of hydrogen-bond donors (Lipinski definition) is 1. The number of halogens is 1. The number of para-hydroxylation sites is 2.